The van der Waals surface area contributed by atoms with Crippen LogP contribution in [0.3, 0.4) is 0 Å². The highest BCUT2D eigenvalue weighted by Gasteiger charge is 2.22. The smallest absolute Gasteiger partial charge is 0.274 e. The van der Waals surface area contributed by atoms with E-state index < -0.39 is 5.91 Å². The maximum absolute atomic E-state index is 12.7. The highest BCUT2D eigenvalue weighted by Crippen LogP contribution is 2.26. The average Bonchev–Trinajstić information content (AvgIpc) is 2.65. The molecule has 0 spiro atoms. The summed E-state index contributed by atoms with van der Waals surface area (Å²) in [7, 11) is 0. The number of nitrogens with one attached hydrogen (secondary N) is 1. The van der Waals surface area contributed by atoms with Crippen LogP contribution in [-0.4, -0.2) is 34.8 Å². The number of pyridine rings is 1. The number of carbonyl (C=O) groups is 2. The molecule has 0 aliphatic carbocycles. The third kappa shape index (κ3) is 4.34. The topological polar surface area (TPSA) is 62.3 Å². The Balaban J connectivity index is 1.75. The van der Waals surface area contributed by atoms with Gasteiger partial charge < -0.3 is 10.2 Å². The second kappa shape index (κ2) is 8.06. The number of piperidine rings is 1. The van der Waals surface area contributed by atoms with Gasteiger partial charge in [-0.3, -0.25) is 14.6 Å². The van der Waals surface area contributed by atoms with Gasteiger partial charge in [0.2, 0.25) is 0 Å². The minimum Gasteiger partial charge on any atom is -0.339 e. The van der Waals surface area contributed by atoms with E-state index in [9.17, 15) is 9.59 Å². The highest BCUT2D eigenvalue weighted by atomic mass is 35.5. The van der Waals surface area contributed by atoms with Crippen molar-refractivity contribution in [3.8, 4) is 0 Å². The minimum absolute atomic E-state index is 0.0749. The second-order valence-electron chi connectivity index (χ2n) is 6.48. The second-order valence-corrected chi connectivity index (χ2v) is 7.33. The van der Waals surface area contributed by atoms with Crippen molar-refractivity contribution in [3.63, 3.8) is 0 Å². The van der Waals surface area contributed by atoms with Gasteiger partial charge in [-0.2, -0.15) is 0 Å². The zero-order valence-electron chi connectivity index (χ0n) is 14.3. The summed E-state index contributed by atoms with van der Waals surface area (Å²) >= 11 is 12.0. The molecular weight excluding hydrogens is 373 g/mol. The van der Waals surface area contributed by atoms with Gasteiger partial charge in [0.1, 0.15) is 5.69 Å². The molecule has 0 bridgehead atoms. The lowest BCUT2D eigenvalue weighted by Gasteiger charge is -2.30. The fourth-order valence-corrected chi connectivity index (χ4v) is 3.20. The van der Waals surface area contributed by atoms with E-state index in [0.717, 1.165) is 25.9 Å². The van der Waals surface area contributed by atoms with E-state index in [1.165, 1.54) is 12.3 Å². The number of likely N-dealkylation sites (tertiary alicyclic amines) is 1. The summed E-state index contributed by atoms with van der Waals surface area (Å²) in [6, 6.07) is 7.93. The summed E-state index contributed by atoms with van der Waals surface area (Å²) in [5.41, 5.74) is 1.00. The number of amides is 2. The Bertz CT molecular complexity index is 833. The molecule has 136 valence electrons. The molecule has 0 unspecified atom stereocenters. The van der Waals surface area contributed by atoms with Crippen molar-refractivity contribution in [2.24, 2.45) is 5.92 Å². The molecule has 0 radical (unpaired) electrons. The summed E-state index contributed by atoms with van der Waals surface area (Å²) < 4.78 is 0. The van der Waals surface area contributed by atoms with Gasteiger partial charge in [0, 0.05) is 29.9 Å². The Morgan fingerprint density at radius 3 is 2.62 bits per heavy atom. The lowest BCUT2D eigenvalue weighted by atomic mass is 9.98. The van der Waals surface area contributed by atoms with Crippen LogP contribution in [0, 0.1) is 5.92 Å². The minimum atomic E-state index is -0.448. The first kappa shape index (κ1) is 18.7. The molecule has 1 aliphatic heterocycles. The van der Waals surface area contributed by atoms with Gasteiger partial charge >= 0.3 is 0 Å². The molecule has 1 aliphatic rings. The first-order valence-corrected chi connectivity index (χ1v) is 9.21. The quantitative estimate of drug-likeness (QED) is 0.836. The van der Waals surface area contributed by atoms with Crippen LogP contribution in [0.1, 0.15) is 40.6 Å². The van der Waals surface area contributed by atoms with Crippen LogP contribution in [0.15, 0.2) is 36.5 Å². The number of hydrogen-bond donors (Lipinski definition) is 1. The van der Waals surface area contributed by atoms with Crippen molar-refractivity contribution < 1.29 is 9.59 Å². The van der Waals surface area contributed by atoms with Crippen molar-refractivity contribution in [1.82, 2.24) is 9.88 Å². The normalized spacial score (nSPS) is 15.0. The summed E-state index contributed by atoms with van der Waals surface area (Å²) in [4.78, 5) is 31.0. The maximum Gasteiger partial charge on any atom is 0.274 e. The molecule has 0 atom stereocenters. The molecular formula is C19H19Cl2N3O2. The van der Waals surface area contributed by atoms with E-state index in [4.69, 9.17) is 23.2 Å². The van der Waals surface area contributed by atoms with Crippen LogP contribution >= 0.6 is 23.2 Å². The van der Waals surface area contributed by atoms with Gasteiger partial charge in [-0.25, -0.2) is 0 Å². The number of halogens is 2. The van der Waals surface area contributed by atoms with Crippen LogP contribution < -0.4 is 5.32 Å². The first-order chi connectivity index (χ1) is 12.4. The van der Waals surface area contributed by atoms with Crippen LogP contribution in [0.25, 0.3) is 0 Å². The summed E-state index contributed by atoms with van der Waals surface area (Å²) in [6.07, 6.45) is 3.46. The molecule has 1 fully saturated rings. The SMILES string of the molecule is CC1CCN(C(=O)c2ccnc(C(=O)Nc3cc(Cl)ccc3Cl)c2)CC1. The zero-order valence-corrected chi connectivity index (χ0v) is 15.8. The monoisotopic (exact) mass is 391 g/mol. The van der Waals surface area contributed by atoms with Gasteiger partial charge in [-0.15, -0.1) is 0 Å². The Kier molecular flexibility index (Phi) is 5.79. The summed E-state index contributed by atoms with van der Waals surface area (Å²) in [5.74, 6) is 0.116. The van der Waals surface area contributed by atoms with Gasteiger partial charge in [0.15, 0.2) is 0 Å². The van der Waals surface area contributed by atoms with Crippen LogP contribution in [0.5, 0.6) is 0 Å². The van der Waals surface area contributed by atoms with E-state index >= 15 is 0 Å². The van der Waals surface area contributed by atoms with E-state index in [-0.39, 0.29) is 11.6 Å². The van der Waals surface area contributed by atoms with Crippen LogP contribution in [0.2, 0.25) is 10.0 Å². The van der Waals surface area contributed by atoms with E-state index in [1.54, 1.807) is 24.3 Å². The van der Waals surface area contributed by atoms with Crippen molar-refractivity contribution in [2.45, 2.75) is 19.8 Å². The predicted octanol–water partition coefficient (Wildman–Crippen LogP) is 4.51. The predicted molar refractivity (Wildman–Crippen MR) is 103 cm³/mol. The third-order valence-corrected chi connectivity index (χ3v) is 5.05. The molecule has 3 rings (SSSR count). The van der Waals surface area contributed by atoms with E-state index in [1.807, 2.05) is 4.90 Å². The lowest BCUT2D eigenvalue weighted by Crippen LogP contribution is -2.38. The highest BCUT2D eigenvalue weighted by molar-refractivity contribution is 6.35. The number of aromatic nitrogens is 1. The fraction of sp³-hybridized carbons (Fsp3) is 0.316. The van der Waals surface area contributed by atoms with E-state index in [2.05, 4.69) is 17.2 Å². The molecule has 1 aromatic carbocycles. The molecule has 2 aromatic rings. The first-order valence-electron chi connectivity index (χ1n) is 8.46. The molecule has 2 amide bonds. The fourth-order valence-electron chi connectivity index (χ4n) is 2.86. The van der Waals surface area contributed by atoms with Crippen LogP contribution in [0.4, 0.5) is 5.69 Å². The number of rotatable bonds is 3. The van der Waals surface area contributed by atoms with Gasteiger partial charge in [0.05, 0.1) is 10.7 Å². The third-order valence-electron chi connectivity index (χ3n) is 4.49. The molecule has 1 aromatic heterocycles. The van der Waals surface area contributed by atoms with Crippen molar-refractivity contribution in [1.29, 1.82) is 0 Å². The largest absolute Gasteiger partial charge is 0.339 e. The Labute approximate surface area is 162 Å². The van der Waals surface area contributed by atoms with E-state index in [0.29, 0.717) is 27.2 Å². The van der Waals surface area contributed by atoms with Crippen LogP contribution in [-0.2, 0) is 0 Å². The molecule has 0 saturated carbocycles. The molecule has 26 heavy (non-hydrogen) atoms. The Morgan fingerprint density at radius 1 is 1.15 bits per heavy atom. The van der Waals surface area contributed by atoms with Gasteiger partial charge in [-0.05, 0) is 49.1 Å². The van der Waals surface area contributed by atoms with Gasteiger partial charge in [-0.1, -0.05) is 30.1 Å². The number of nitrogens with zero attached hydrogens (tertiary/aromatic N) is 2. The number of hydrogen-bond acceptors (Lipinski definition) is 3. The molecule has 2 heterocycles. The van der Waals surface area contributed by atoms with Crippen molar-refractivity contribution in [3.05, 3.63) is 57.8 Å². The summed E-state index contributed by atoms with van der Waals surface area (Å²) in [6.45, 7) is 3.67. The van der Waals surface area contributed by atoms with Crippen molar-refractivity contribution >= 4 is 40.7 Å². The van der Waals surface area contributed by atoms with Crippen molar-refractivity contribution in [2.75, 3.05) is 18.4 Å². The lowest BCUT2D eigenvalue weighted by molar-refractivity contribution is 0.0697. The summed E-state index contributed by atoms with van der Waals surface area (Å²) in [5, 5.41) is 3.51. The Hall–Kier alpha value is -2.11. The molecule has 1 N–H and O–H groups in total. The number of anilines is 1. The molecule has 1 saturated heterocycles. The number of carbonyl (C=O) groups excluding carboxylic acids is 2. The maximum atomic E-state index is 12.7. The number of benzene rings is 1. The molecule has 5 nitrogen and oxygen atoms in total. The zero-order chi connectivity index (χ0) is 18.7. The molecule has 7 heteroatoms. The Morgan fingerprint density at radius 2 is 1.88 bits per heavy atom. The van der Waals surface area contributed by atoms with Gasteiger partial charge in [0.25, 0.3) is 11.8 Å². The standard InChI is InChI=1S/C19H19Cl2N3O2/c1-12-5-8-24(9-6-12)19(26)13-4-7-22-17(10-13)18(25)23-16-11-14(20)2-3-15(16)21/h2-4,7,10-12H,5-6,8-9H2,1H3,(H,23,25). The average molecular weight is 392 g/mol.